The highest BCUT2D eigenvalue weighted by molar-refractivity contribution is 5.85. The van der Waals surface area contributed by atoms with Gasteiger partial charge in [0.15, 0.2) is 0 Å². The summed E-state index contributed by atoms with van der Waals surface area (Å²) in [6, 6.07) is 0.654. The third kappa shape index (κ3) is 1.85. The van der Waals surface area contributed by atoms with Crippen LogP contribution in [0.4, 0.5) is 0 Å². The minimum atomic E-state index is 0. The van der Waals surface area contributed by atoms with E-state index in [9.17, 15) is 0 Å². The van der Waals surface area contributed by atoms with Crippen molar-refractivity contribution in [2.75, 3.05) is 19.7 Å². The van der Waals surface area contributed by atoms with E-state index in [1.807, 2.05) is 17.9 Å². The molecule has 0 saturated carbocycles. The van der Waals surface area contributed by atoms with Crippen molar-refractivity contribution in [2.45, 2.75) is 6.92 Å². The maximum Gasteiger partial charge on any atom is 0.293 e. The Balaban J connectivity index is 0.000000980. The molecule has 0 aromatic heterocycles. The van der Waals surface area contributed by atoms with Gasteiger partial charge in [0.2, 0.25) is 0 Å². The van der Waals surface area contributed by atoms with Gasteiger partial charge in [0.1, 0.15) is 12.4 Å². The molecule has 0 saturated heterocycles. The van der Waals surface area contributed by atoms with Gasteiger partial charge in [-0.2, -0.15) is 0 Å². The summed E-state index contributed by atoms with van der Waals surface area (Å²) in [5.41, 5.74) is 6.96. The first-order valence-corrected chi connectivity index (χ1v) is 4.37. The molecular formula is C9H14ClN3O. The molecular weight excluding hydrogens is 202 g/mol. The number of rotatable bonds is 0. The van der Waals surface area contributed by atoms with Gasteiger partial charge in [0.05, 0.1) is 6.54 Å². The average molecular weight is 216 g/mol. The third-order valence-electron chi connectivity index (χ3n) is 2.15. The molecule has 2 aliphatic rings. The van der Waals surface area contributed by atoms with Gasteiger partial charge in [-0.25, -0.2) is 4.99 Å². The maximum absolute atomic E-state index is 5.90. The SMILES string of the molecule is CC1=C(N)N(C2=NCCO2)CC=C1.Cl. The lowest BCUT2D eigenvalue weighted by Crippen LogP contribution is -2.36. The molecule has 0 amide bonds. The summed E-state index contributed by atoms with van der Waals surface area (Å²) in [7, 11) is 0. The molecule has 0 atom stereocenters. The monoisotopic (exact) mass is 215 g/mol. The predicted molar refractivity (Wildman–Crippen MR) is 58.2 cm³/mol. The van der Waals surface area contributed by atoms with E-state index in [1.54, 1.807) is 0 Å². The van der Waals surface area contributed by atoms with Crippen molar-refractivity contribution in [3.8, 4) is 0 Å². The molecule has 2 heterocycles. The van der Waals surface area contributed by atoms with Crippen LogP contribution < -0.4 is 5.73 Å². The summed E-state index contributed by atoms with van der Waals surface area (Å²) in [5, 5.41) is 0. The van der Waals surface area contributed by atoms with Crippen LogP contribution in [-0.2, 0) is 4.74 Å². The van der Waals surface area contributed by atoms with Crippen LogP contribution in [0.15, 0.2) is 28.5 Å². The molecule has 2 N–H and O–H groups in total. The summed E-state index contributed by atoms with van der Waals surface area (Å²) in [6.45, 7) is 4.14. The van der Waals surface area contributed by atoms with E-state index < -0.39 is 0 Å². The van der Waals surface area contributed by atoms with Crippen LogP contribution in [0.2, 0.25) is 0 Å². The van der Waals surface area contributed by atoms with E-state index in [4.69, 9.17) is 10.5 Å². The van der Waals surface area contributed by atoms with Crippen LogP contribution in [-0.4, -0.2) is 30.6 Å². The number of aliphatic imine (C=N–C) groups is 1. The number of ether oxygens (including phenoxy) is 1. The molecule has 78 valence electrons. The van der Waals surface area contributed by atoms with Gasteiger partial charge in [-0.15, -0.1) is 12.4 Å². The van der Waals surface area contributed by atoms with Crippen LogP contribution in [0.1, 0.15) is 6.92 Å². The van der Waals surface area contributed by atoms with Crippen LogP contribution in [0.3, 0.4) is 0 Å². The summed E-state index contributed by atoms with van der Waals surface area (Å²) in [6.07, 6.45) is 4.07. The quantitative estimate of drug-likeness (QED) is 0.652. The Kier molecular flexibility index (Phi) is 3.41. The van der Waals surface area contributed by atoms with Crippen molar-refractivity contribution < 1.29 is 4.74 Å². The number of hydrogen-bond acceptors (Lipinski definition) is 4. The Morgan fingerprint density at radius 1 is 1.57 bits per heavy atom. The standard InChI is InChI=1S/C9H13N3O.ClH/c1-7-3-2-5-12(8(7)10)9-11-4-6-13-9;/h2-3H,4-6,10H2,1H3;1H. The van der Waals surface area contributed by atoms with Gasteiger partial charge in [0.25, 0.3) is 6.02 Å². The summed E-state index contributed by atoms with van der Waals surface area (Å²) < 4.78 is 5.34. The predicted octanol–water partition coefficient (Wildman–Crippen LogP) is 0.856. The zero-order valence-corrected chi connectivity index (χ0v) is 8.88. The topological polar surface area (TPSA) is 50.8 Å². The second-order valence-corrected chi connectivity index (χ2v) is 3.09. The molecule has 0 aromatic carbocycles. The van der Waals surface area contributed by atoms with E-state index in [2.05, 4.69) is 11.1 Å². The first-order valence-electron chi connectivity index (χ1n) is 4.37. The minimum Gasteiger partial charge on any atom is -0.463 e. The summed E-state index contributed by atoms with van der Waals surface area (Å²) >= 11 is 0. The van der Waals surface area contributed by atoms with Crippen LogP contribution in [0.5, 0.6) is 0 Å². The fourth-order valence-electron chi connectivity index (χ4n) is 1.40. The molecule has 2 rings (SSSR count). The molecule has 5 heteroatoms. The van der Waals surface area contributed by atoms with E-state index in [0.717, 1.165) is 24.5 Å². The van der Waals surface area contributed by atoms with Crippen molar-refractivity contribution >= 4 is 18.4 Å². The Hall–Kier alpha value is -1.16. The van der Waals surface area contributed by atoms with Gasteiger partial charge in [-0.05, 0) is 12.5 Å². The first-order chi connectivity index (χ1) is 6.29. The van der Waals surface area contributed by atoms with Crippen molar-refractivity contribution in [1.29, 1.82) is 0 Å². The third-order valence-corrected chi connectivity index (χ3v) is 2.15. The van der Waals surface area contributed by atoms with Crippen molar-refractivity contribution in [3.63, 3.8) is 0 Å². The van der Waals surface area contributed by atoms with E-state index in [0.29, 0.717) is 12.6 Å². The second kappa shape index (κ2) is 4.37. The van der Waals surface area contributed by atoms with Crippen LogP contribution in [0.25, 0.3) is 0 Å². The lowest BCUT2D eigenvalue weighted by Gasteiger charge is -2.25. The lowest BCUT2D eigenvalue weighted by molar-refractivity contribution is 0.290. The van der Waals surface area contributed by atoms with Crippen molar-refractivity contribution in [1.82, 2.24) is 4.90 Å². The second-order valence-electron chi connectivity index (χ2n) is 3.09. The van der Waals surface area contributed by atoms with Crippen LogP contribution in [0, 0.1) is 0 Å². The molecule has 0 spiro atoms. The molecule has 2 aliphatic heterocycles. The molecule has 0 bridgehead atoms. The van der Waals surface area contributed by atoms with E-state index in [1.165, 1.54) is 0 Å². The Morgan fingerprint density at radius 3 is 3.00 bits per heavy atom. The molecule has 0 aliphatic carbocycles. The lowest BCUT2D eigenvalue weighted by atomic mass is 10.2. The highest BCUT2D eigenvalue weighted by Gasteiger charge is 2.20. The van der Waals surface area contributed by atoms with Gasteiger partial charge in [-0.3, -0.25) is 4.90 Å². The fourth-order valence-corrected chi connectivity index (χ4v) is 1.40. The molecule has 0 aromatic rings. The maximum atomic E-state index is 5.90. The first kappa shape index (κ1) is 10.9. The fraction of sp³-hybridized carbons (Fsp3) is 0.444. The molecule has 0 fully saturated rings. The highest BCUT2D eigenvalue weighted by Crippen LogP contribution is 2.14. The number of nitrogens with two attached hydrogens (primary N) is 1. The normalized spacial score (nSPS) is 20.4. The Bertz CT molecular complexity index is 309. The number of hydrogen-bond donors (Lipinski definition) is 1. The largest absolute Gasteiger partial charge is 0.463 e. The zero-order chi connectivity index (χ0) is 9.26. The smallest absolute Gasteiger partial charge is 0.293 e. The van der Waals surface area contributed by atoms with E-state index >= 15 is 0 Å². The van der Waals surface area contributed by atoms with E-state index in [-0.39, 0.29) is 12.4 Å². The van der Waals surface area contributed by atoms with Gasteiger partial charge < -0.3 is 10.5 Å². The minimum absolute atomic E-state index is 0. The number of halogens is 1. The summed E-state index contributed by atoms with van der Waals surface area (Å²) in [5.74, 6) is 0.739. The van der Waals surface area contributed by atoms with Gasteiger partial charge >= 0.3 is 0 Å². The summed E-state index contributed by atoms with van der Waals surface area (Å²) in [4.78, 5) is 6.11. The zero-order valence-electron chi connectivity index (χ0n) is 8.06. The number of allylic oxidation sites excluding steroid dienone is 2. The highest BCUT2D eigenvalue weighted by atomic mass is 35.5. The van der Waals surface area contributed by atoms with Crippen molar-refractivity contribution in [3.05, 3.63) is 23.5 Å². The average Bonchev–Trinajstić information content (AvgIpc) is 2.62. The molecule has 0 radical (unpaired) electrons. The van der Waals surface area contributed by atoms with Gasteiger partial charge in [0, 0.05) is 6.54 Å². The van der Waals surface area contributed by atoms with Gasteiger partial charge in [-0.1, -0.05) is 12.2 Å². The Labute approximate surface area is 89.5 Å². The number of amidine groups is 1. The molecule has 0 unspecified atom stereocenters. The number of nitrogens with zero attached hydrogens (tertiary/aromatic N) is 2. The van der Waals surface area contributed by atoms with Crippen molar-refractivity contribution in [2.24, 2.45) is 10.7 Å². The molecule has 14 heavy (non-hydrogen) atoms. The molecule has 4 nitrogen and oxygen atoms in total. The Morgan fingerprint density at radius 2 is 2.36 bits per heavy atom. The van der Waals surface area contributed by atoms with Crippen LogP contribution >= 0.6 is 12.4 Å².